The Morgan fingerprint density at radius 3 is 2.75 bits per heavy atom. The molecule has 3 nitrogen and oxygen atoms in total. The van der Waals surface area contributed by atoms with Gasteiger partial charge in [-0.05, 0) is 34.0 Å². The number of aromatic nitrogens is 1. The molecule has 2 heterocycles. The van der Waals surface area contributed by atoms with Crippen molar-refractivity contribution in [3.8, 4) is 0 Å². The van der Waals surface area contributed by atoms with Gasteiger partial charge in [0.2, 0.25) is 0 Å². The van der Waals surface area contributed by atoms with E-state index in [2.05, 4.69) is 63.7 Å². The molecule has 3 aromatic rings. The van der Waals surface area contributed by atoms with E-state index in [1.165, 1.54) is 21.9 Å². The molecule has 1 aliphatic heterocycles. The molecule has 4 rings (SSSR count). The number of fused-ring (bicyclic) bond motifs is 1. The fourth-order valence-electron chi connectivity index (χ4n) is 3.41. The van der Waals surface area contributed by atoms with Crippen molar-refractivity contribution >= 4 is 23.2 Å². The van der Waals surface area contributed by atoms with Gasteiger partial charge in [-0.1, -0.05) is 42.5 Å². The molecule has 1 N–H and O–H groups in total. The highest BCUT2D eigenvalue weighted by Crippen LogP contribution is 2.24. The van der Waals surface area contributed by atoms with E-state index in [-0.39, 0.29) is 12.4 Å². The molecule has 1 aromatic heterocycles. The molecule has 4 heteroatoms. The van der Waals surface area contributed by atoms with Crippen LogP contribution < -0.4 is 5.32 Å². The molecule has 1 fully saturated rings. The number of rotatable bonds is 3. The van der Waals surface area contributed by atoms with E-state index in [0.29, 0.717) is 6.04 Å². The number of nitrogens with one attached hydrogen (secondary N) is 1. The number of piperazine rings is 1. The standard InChI is InChI=1S/C20H21N3.ClH/c1-2-5-18-12-16(7-8-17(18)4-1)15-23-11-10-22-14-20(23)19-6-3-9-21-13-19;/h1-9,12-13,20,22H,10-11,14-15H2;1H. The Kier molecular flexibility index (Phi) is 5.46. The predicted octanol–water partition coefficient (Wildman–Crippen LogP) is 3.80. The van der Waals surface area contributed by atoms with E-state index in [1.807, 2.05) is 18.5 Å². The van der Waals surface area contributed by atoms with E-state index in [9.17, 15) is 0 Å². The quantitative estimate of drug-likeness (QED) is 0.786. The summed E-state index contributed by atoms with van der Waals surface area (Å²) < 4.78 is 0. The van der Waals surface area contributed by atoms with Gasteiger partial charge in [-0.25, -0.2) is 0 Å². The van der Waals surface area contributed by atoms with Gasteiger partial charge in [0, 0.05) is 44.6 Å². The van der Waals surface area contributed by atoms with Gasteiger partial charge in [0.25, 0.3) is 0 Å². The smallest absolute Gasteiger partial charge is 0.0491 e. The topological polar surface area (TPSA) is 28.2 Å². The SMILES string of the molecule is Cl.c1cncc(C2CNCCN2Cc2ccc3ccccc3c2)c1. The third-order valence-electron chi connectivity index (χ3n) is 4.62. The zero-order valence-electron chi connectivity index (χ0n) is 13.6. The Morgan fingerprint density at radius 2 is 1.92 bits per heavy atom. The summed E-state index contributed by atoms with van der Waals surface area (Å²) in [6.45, 7) is 4.07. The fraction of sp³-hybridized carbons (Fsp3) is 0.250. The van der Waals surface area contributed by atoms with Crippen molar-refractivity contribution in [1.82, 2.24) is 15.2 Å². The number of pyridine rings is 1. The molecule has 0 bridgehead atoms. The maximum atomic E-state index is 4.29. The van der Waals surface area contributed by atoms with Crippen LogP contribution in [0.25, 0.3) is 10.8 Å². The Labute approximate surface area is 149 Å². The van der Waals surface area contributed by atoms with Crippen molar-refractivity contribution in [3.63, 3.8) is 0 Å². The van der Waals surface area contributed by atoms with E-state index < -0.39 is 0 Å². The summed E-state index contributed by atoms with van der Waals surface area (Å²) in [6, 6.07) is 20.0. The Bertz CT molecular complexity index is 791. The van der Waals surface area contributed by atoms with Gasteiger partial charge in [-0.15, -0.1) is 12.4 Å². The molecular weight excluding hydrogens is 318 g/mol. The van der Waals surface area contributed by atoms with Gasteiger partial charge in [0.05, 0.1) is 0 Å². The number of halogens is 1. The van der Waals surface area contributed by atoms with Gasteiger partial charge in [0.15, 0.2) is 0 Å². The molecule has 0 aliphatic carbocycles. The van der Waals surface area contributed by atoms with Crippen LogP contribution in [0.5, 0.6) is 0 Å². The molecule has 2 aromatic carbocycles. The van der Waals surface area contributed by atoms with Crippen molar-refractivity contribution in [2.24, 2.45) is 0 Å². The Hall–Kier alpha value is -1.94. The summed E-state index contributed by atoms with van der Waals surface area (Å²) in [7, 11) is 0. The largest absolute Gasteiger partial charge is 0.314 e. The van der Waals surface area contributed by atoms with E-state index >= 15 is 0 Å². The van der Waals surface area contributed by atoms with Crippen LogP contribution in [-0.4, -0.2) is 29.5 Å². The predicted molar refractivity (Wildman–Crippen MR) is 101 cm³/mol. The van der Waals surface area contributed by atoms with Crippen LogP contribution >= 0.6 is 12.4 Å². The van der Waals surface area contributed by atoms with Gasteiger partial charge in [-0.3, -0.25) is 9.88 Å². The molecule has 124 valence electrons. The highest BCUT2D eigenvalue weighted by molar-refractivity contribution is 5.85. The van der Waals surface area contributed by atoms with Crippen molar-refractivity contribution < 1.29 is 0 Å². The second-order valence-electron chi connectivity index (χ2n) is 6.16. The molecule has 1 unspecified atom stereocenters. The highest BCUT2D eigenvalue weighted by Gasteiger charge is 2.23. The summed E-state index contributed by atoms with van der Waals surface area (Å²) in [4.78, 5) is 6.84. The van der Waals surface area contributed by atoms with Gasteiger partial charge < -0.3 is 5.32 Å². The van der Waals surface area contributed by atoms with Crippen LogP contribution in [0.1, 0.15) is 17.2 Å². The molecule has 0 amide bonds. The number of benzene rings is 2. The number of nitrogens with zero attached hydrogens (tertiary/aromatic N) is 2. The lowest BCUT2D eigenvalue weighted by molar-refractivity contribution is 0.153. The van der Waals surface area contributed by atoms with Crippen LogP contribution in [0.3, 0.4) is 0 Å². The van der Waals surface area contributed by atoms with Crippen LogP contribution in [-0.2, 0) is 6.54 Å². The van der Waals surface area contributed by atoms with Crippen molar-refractivity contribution in [2.75, 3.05) is 19.6 Å². The van der Waals surface area contributed by atoms with Crippen LogP contribution in [0, 0.1) is 0 Å². The van der Waals surface area contributed by atoms with Crippen molar-refractivity contribution in [3.05, 3.63) is 78.1 Å². The minimum atomic E-state index is 0. The Morgan fingerprint density at radius 1 is 1.04 bits per heavy atom. The summed E-state index contributed by atoms with van der Waals surface area (Å²) >= 11 is 0. The van der Waals surface area contributed by atoms with Crippen LogP contribution in [0.15, 0.2) is 67.0 Å². The second-order valence-corrected chi connectivity index (χ2v) is 6.16. The average molecular weight is 340 g/mol. The first kappa shape index (κ1) is 16.9. The second kappa shape index (κ2) is 7.75. The molecular formula is C20H22ClN3. The average Bonchev–Trinajstić information content (AvgIpc) is 2.63. The highest BCUT2D eigenvalue weighted by atomic mass is 35.5. The number of hydrogen-bond donors (Lipinski definition) is 1. The molecule has 24 heavy (non-hydrogen) atoms. The summed E-state index contributed by atoms with van der Waals surface area (Å²) in [5.41, 5.74) is 2.67. The Balaban J connectivity index is 0.00000169. The van der Waals surface area contributed by atoms with Gasteiger partial charge in [-0.2, -0.15) is 0 Å². The van der Waals surface area contributed by atoms with Crippen molar-refractivity contribution in [1.29, 1.82) is 0 Å². The zero-order chi connectivity index (χ0) is 15.5. The normalized spacial score (nSPS) is 18.2. The van der Waals surface area contributed by atoms with Gasteiger partial charge >= 0.3 is 0 Å². The third-order valence-corrected chi connectivity index (χ3v) is 4.62. The maximum absolute atomic E-state index is 4.29. The minimum absolute atomic E-state index is 0. The summed E-state index contributed by atoms with van der Waals surface area (Å²) in [6.07, 6.45) is 3.83. The zero-order valence-corrected chi connectivity index (χ0v) is 14.4. The molecule has 1 atom stereocenters. The first-order valence-corrected chi connectivity index (χ1v) is 8.22. The molecule has 0 radical (unpaired) electrons. The molecule has 1 aliphatic rings. The first-order chi connectivity index (χ1) is 11.4. The van der Waals surface area contributed by atoms with Crippen LogP contribution in [0.2, 0.25) is 0 Å². The summed E-state index contributed by atoms with van der Waals surface area (Å²) in [5.74, 6) is 0. The van der Waals surface area contributed by atoms with E-state index in [1.54, 1.807) is 0 Å². The third kappa shape index (κ3) is 3.59. The van der Waals surface area contributed by atoms with Gasteiger partial charge in [0.1, 0.15) is 0 Å². The lowest BCUT2D eigenvalue weighted by Crippen LogP contribution is -2.45. The molecule has 0 saturated carbocycles. The van der Waals surface area contributed by atoms with E-state index in [0.717, 1.165) is 26.2 Å². The van der Waals surface area contributed by atoms with Crippen molar-refractivity contribution in [2.45, 2.75) is 12.6 Å². The lowest BCUT2D eigenvalue weighted by atomic mass is 10.0. The summed E-state index contributed by atoms with van der Waals surface area (Å²) in [5, 5.41) is 6.13. The van der Waals surface area contributed by atoms with E-state index in [4.69, 9.17) is 0 Å². The molecule has 0 spiro atoms. The lowest BCUT2D eigenvalue weighted by Gasteiger charge is -2.36. The first-order valence-electron chi connectivity index (χ1n) is 8.22. The monoisotopic (exact) mass is 339 g/mol. The van der Waals surface area contributed by atoms with Crippen LogP contribution in [0.4, 0.5) is 0 Å². The molecule has 1 saturated heterocycles. The maximum Gasteiger partial charge on any atom is 0.0491 e. The minimum Gasteiger partial charge on any atom is -0.314 e. The fourth-order valence-corrected chi connectivity index (χ4v) is 3.41. The number of hydrogen-bond acceptors (Lipinski definition) is 3.